The summed E-state index contributed by atoms with van der Waals surface area (Å²) in [6.45, 7) is 41.2. The van der Waals surface area contributed by atoms with Gasteiger partial charge >= 0.3 is 48.1 Å². The van der Waals surface area contributed by atoms with E-state index in [1.54, 1.807) is 0 Å². The van der Waals surface area contributed by atoms with Crippen molar-refractivity contribution < 1.29 is 85.7 Å². The third-order valence-corrected chi connectivity index (χ3v) is 26.6. The SMILES string of the molecule is C.C.C.C.C.C.C.C.C.C.CCC(C)(C)C(=O)OC1(C(C)C)C2CC3CC(C2)CC1C3.CCC(C)(C)C(=O)OC1(C(C)C)CCCC1.CCC(C)(C)C(=O)OC12CC3CC(CC(OC(=O)OCC4COC(=O)O4)(C3)C1)C2.CCC(C)(C)C(=O)OC1C2CC3C(=O)OC1C3C2.CCCCCCCCOC(=O)C(C)(C)CC. The van der Waals surface area contributed by atoms with Crippen LogP contribution >= 0.6 is 0 Å². The maximum atomic E-state index is 12.8. The summed E-state index contributed by atoms with van der Waals surface area (Å²) in [4.78, 5) is 96.4. The van der Waals surface area contributed by atoms with Gasteiger partial charge in [-0.05, 0) is 258 Å². The molecule has 18 nitrogen and oxygen atoms in total. The van der Waals surface area contributed by atoms with Gasteiger partial charge in [0.25, 0.3) is 0 Å². The Balaban J connectivity index is -0.000000636. The highest BCUT2D eigenvalue weighted by Crippen LogP contribution is 2.63. The highest BCUT2D eigenvalue weighted by atomic mass is 16.8. The summed E-state index contributed by atoms with van der Waals surface area (Å²) in [7, 11) is 0. The van der Waals surface area contributed by atoms with Crippen molar-refractivity contribution in [3.05, 3.63) is 0 Å². The van der Waals surface area contributed by atoms with Crippen molar-refractivity contribution in [2.24, 2.45) is 92.2 Å². The third-order valence-electron chi connectivity index (χ3n) is 26.6. The van der Waals surface area contributed by atoms with Gasteiger partial charge in [0.15, 0.2) is 6.10 Å². The fourth-order valence-corrected chi connectivity index (χ4v) is 18.3. The average molecular weight is 1570 g/mol. The van der Waals surface area contributed by atoms with Crippen molar-refractivity contribution in [1.29, 1.82) is 0 Å². The van der Waals surface area contributed by atoms with Crippen molar-refractivity contribution in [2.75, 3.05) is 19.8 Å². The standard InChI is InChI=1S/C21H30O8.C19H32O2.C14H20O4.C14H26O2.C14H28O2.10CH4/c1-4-19(2,3)16(22)28-20-6-13-5-14(7-20)9-21(8-13,12-20)29-18(24)26-11-15-10-25-17(23)27-15;1-6-18(4,5)17(20)21-19(12(2)3)15-8-13-7-14(10-15)11-16(19)9-13;1-4-14(2,3)13(16)18-10-7-5-8-9(6-7)12(15)17-11(8)10;1-6-13(4,5)12(15)16-14(11(2)3)9-7-8-10-14;1-5-7-8-9-10-11-12-16-13(15)14(3,4)6-2;;;;;;;;;;/h13-15H,4-12H2,1-3H3;12-16H,6-11H2,1-5H3;7-11H,4-6H2,1-3H3;11H,6-10H2,1-5H3;5-12H2,1-4H3;10*1H4. The quantitative estimate of drug-likeness (QED) is 0.0445. The summed E-state index contributed by atoms with van der Waals surface area (Å²) < 4.78 is 55.2. The zero-order valence-electron chi connectivity index (χ0n) is 65.9. The first-order valence-corrected chi connectivity index (χ1v) is 39.7. The molecular weight excluding hydrogens is 1390 g/mol. The number of esters is 6. The first-order valence-electron chi connectivity index (χ1n) is 39.7. The molecule has 13 aliphatic rings. The molecule has 110 heavy (non-hydrogen) atoms. The van der Waals surface area contributed by atoms with Gasteiger partial charge in [-0.15, -0.1) is 0 Å². The smallest absolute Gasteiger partial charge is 0.465 e. The van der Waals surface area contributed by atoms with Crippen LogP contribution in [-0.2, 0) is 76.1 Å². The van der Waals surface area contributed by atoms with Crippen molar-refractivity contribution >= 4 is 48.1 Å². The van der Waals surface area contributed by atoms with Gasteiger partial charge in [0, 0.05) is 18.3 Å². The largest absolute Gasteiger partial charge is 0.508 e. The molecular formula is C92H176O18. The van der Waals surface area contributed by atoms with Crippen LogP contribution in [0.25, 0.3) is 0 Å². The van der Waals surface area contributed by atoms with Crippen LogP contribution in [0, 0.1) is 92.2 Å². The fourth-order valence-electron chi connectivity index (χ4n) is 18.3. The van der Waals surface area contributed by atoms with E-state index in [4.69, 9.17) is 42.6 Å². The predicted octanol–water partition coefficient (Wildman–Crippen LogP) is 25.1. The Kier molecular flexibility index (Phi) is 46.3. The molecule has 0 aromatic heterocycles. The Morgan fingerprint density at radius 3 is 1.34 bits per heavy atom. The molecule has 0 spiro atoms. The van der Waals surface area contributed by atoms with Crippen molar-refractivity contribution in [2.45, 2.75) is 433 Å². The topological polar surface area (TPSA) is 229 Å². The van der Waals surface area contributed by atoms with E-state index in [0.717, 1.165) is 102 Å². The maximum Gasteiger partial charge on any atom is 0.508 e. The highest BCUT2D eigenvalue weighted by molar-refractivity contribution is 5.79. The molecule has 13 fully saturated rings. The second-order valence-corrected chi connectivity index (χ2v) is 36.6. The summed E-state index contributed by atoms with van der Waals surface area (Å²) in [5.41, 5.74) is -3.55. The van der Waals surface area contributed by atoms with E-state index < -0.39 is 40.4 Å². The first kappa shape index (κ1) is 112. The number of hydrogen-bond acceptors (Lipinski definition) is 18. The molecule has 8 atom stereocenters. The van der Waals surface area contributed by atoms with Crippen LogP contribution in [0.4, 0.5) is 9.59 Å². The molecule has 11 saturated carbocycles. The van der Waals surface area contributed by atoms with Gasteiger partial charge < -0.3 is 47.4 Å². The van der Waals surface area contributed by atoms with Gasteiger partial charge in [-0.2, -0.15) is 0 Å². The Hall–Kier alpha value is -4.64. The molecule has 652 valence electrons. The van der Waals surface area contributed by atoms with Gasteiger partial charge in [-0.25, -0.2) is 9.59 Å². The van der Waals surface area contributed by atoms with E-state index in [1.165, 1.54) is 77.0 Å². The van der Waals surface area contributed by atoms with Crippen LogP contribution in [0.15, 0.2) is 0 Å². The van der Waals surface area contributed by atoms with Crippen LogP contribution < -0.4 is 0 Å². The van der Waals surface area contributed by atoms with E-state index in [1.807, 2.05) is 96.9 Å². The number of hydrogen-bond donors (Lipinski definition) is 0. The normalized spacial score (nSPS) is 29.2. The van der Waals surface area contributed by atoms with Gasteiger partial charge in [0.2, 0.25) is 0 Å². The van der Waals surface area contributed by atoms with E-state index in [0.29, 0.717) is 66.8 Å². The lowest BCUT2D eigenvalue weighted by atomic mass is 9.47. The molecule has 0 N–H and O–H groups in total. The van der Waals surface area contributed by atoms with E-state index in [2.05, 4.69) is 46.3 Å². The van der Waals surface area contributed by atoms with Crippen molar-refractivity contribution in [3.63, 3.8) is 0 Å². The second kappa shape index (κ2) is 45.6. The Bertz CT molecular complexity index is 2740. The van der Waals surface area contributed by atoms with Crippen LogP contribution in [0.2, 0.25) is 0 Å². The number of fused-ring (bicyclic) bond motifs is 1. The molecule has 8 unspecified atom stereocenters. The molecule has 18 heteroatoms. The lowest BCUT2D eigenvalue weighted by Gasteiger charge is -2.62. The Morgan fingerprint density at radius 1 is 0.464 bits per heavy atom. The highest BCUT2D eigenvalue weighted by Gasteiger charge is 2.65. The van der Waals surface area contributed by atoms with Gasteiger partial charge in [0.05, 0.1) is 39.6 Å². The summed E-state index contributed by atoms with van der Waals surface area (Å²) >= 11 is 0. The Labute approximate surface area is 675 Å². The first-order chi connectivity index (χ1) is 46.7. The number of carbonyl (C=O) groups excluding carboxylic acids is 8. The zero-order valence-corrected chi connectivity index (χ0v) is 65.9. The molecule has 0 aromatic rings. The fraction of sp³-hybridized carbons (Fsp3) is 0.913. The molecule has 2 aliphatic heterocycles. The number of carbonyl (C=O) groups is 8. The van der Waals surface area contributed by atoms with Crippen molar-refractivity contribution in [3.8, 4) is 0 Å². The van der Waals surface area contributed by atoms with E-state index >= 15 is 0 Å². The minimum absolute atomic E-state index is 0. The Morgan fingerprint density at radius 2 is 0.891 bits per heavy atom. The van der Waals surface area contributed by atoms with Crippen LogP contribution in [-0.4, -0.2) is 109 Å². The van der Waals surface area contributed by atoms with Gasteiger partial charge in [-0.3, -0.25) is 28.8 Å². The summed E-state index contributed by atoms with van der Waals surface area (Å²) in [6.07, 6.45) is 26.6. The molecule has 2 heterocycles. The van der Waals surface area contributed by atoms with Gasteiger partial charge in [0.1, 0.15) is 47.8 Å². The van der Waals surface area contributed by atoms with Crippen LogP contribution in [0.3, 0.4) is 0 Å². The van der Waals surface area contributed by atoms with Crippen LogP contribution in [0.1, 0.15) is 393 Å². The summed E-state index contributed by atoms with van der Waals surface area (Å²) in [5.74, 6) is 4.91. The van der Waals surface area contributed by atoms with Crippen molar-refractivity contribution in [1.82, 2.24) is 0 Å². The lowest BCUT2D eigenvalue weighted by Crippen LogP contribution is -2.63. The minimum Gasteiger partial charge on any atom is -0.465 e. The number of rotatable bonds is 26. The molecule has 13 rings (SSSR count). The number of unbranched alkanes of at least 4 members (excludes halogenated alkanes) is 5. The monoisotopic (exact) mass is 1570 g/mol. The molecule has 0 aromatic carbocycles. The molecule has 0 amide bonds. The number of cyclic esters (lactones) is 2. The molecule has 10 bridgehead atoms. The summed E-state index contributed by atoms with van der Waals surface area (Å²) in [5, 5.41) is 0. The van der Waals surface area contributed by atoms with Gasteiger partial charge in [-0.1, -0.05) is 176 Å². The third kappa shape index (κ3) is 26.4. The average Bonchev–Trinajstić information content (AvgIpc) is 0.741. The number of ether oxygens (including phenoxy) is 10. The zero-order chi connectivity index (χ0) is 74.2. The van der Waals surface area contributed by atoms with Crippen LogP contribution in [0.5, 0.6) is 0 Å². The minimum atomic E-state index is -0.773. The van der Waals surface area contributed by atoms with E-state index in [-0.39, 0.29) is 169 Å². The van der Waals surface area contributed by atoms with E-state index in [9.17, 15) is 38.4 Å². The molecule has 2 saturated heterocycles. The predicted molar refractivity (Wildman–Crippen MR) is 449 cm³/mol. The summed E-state index contributed by atoms with van der Waals surface area (Å²) in [6, 6.07) is 0. The second-order valence-electron chi connectivity index (χ2n) is 36.6. The lowest BCUT2D eigenvalue weighted by molar-refractivity contribution is -0.231. The molecule has 0 radical (unpaired) electrons. The maximum absolute atomic E-state index is 12.8. The molecule has 11 aliphatic carbocycles.